The summed E-state index contributed by atoms with van der Waals surface area (Å²) in [5.41, 5.74) is 2.92. The van der Waals surface area contributed by atoms with Gasteiger partial charge in [0.25, 0.3) is 5.91 Å². The highest BCUT2D eigenvalue weighted by molar-refractivity contribution is 5.94. The van der Waals surface area contributed by atoms with E-state index in [1.165, 1.54) is 7.11 Å². The zero-order chi connectivity index (χ0) is 17.5. The molecule has 1 amide bonds. The highest BCUT2D eigenvalue weighted by atomic mass is 16.5. The molecule has 0 unspecified atom stereocenters. The number of rotatable bonds is 6. The van der Waals surface area contributed by atoms with E-state index in [0.717, 1.165) is 17.5 Å². The Labute approximate surface area is 141 Å². The van der Waals surface area contributed by atoms with E-state index in [1.807, 2.05) is 38.1 Å². The summed E-state index contributed by atoms with van der Waals surface area (Å²) < 4.78 is 10.3. The molecular formula is C19H21NO4. The Hall–Kier alpha value is -2.82. The second-order valence-electron chi connectivity index (χ2n) is 5.32. The predicted molar refractivity (Wildman–Crippen MR) is 92.5 cm³/mol. The van der Waals surface area contributed by atoms with Gasteiger partial charge in [-0.15, -0.1) is 0 Å². The molecule has 2 rings (SSSR count). The second-order valence-corrected chi connectivity index (χ2v) is 5.32. The standard InChI is InChI=1S/C19H21NO4/c1-4-14-7-5-6-8-17(14)24-12-18(21)20-16-10-9-15(11-13(16)2)19(22)23-3/h5-11H,4,12H2,1-3H3,(H,20,21). The maximum Gasteiger partial charge on any atom is 0.337 e. The van der Waals surface area contributed by atoms with Gasteiger partial charge in [-0.2, -0.15) is 0 Å². The number of nitrogens with one attached hydrogen (secondary N) is 1. The van der Waals surface area contributed by atoms with Gasteiger partial charge in [0, 0.05) is 5.69 Å². The Morgan fingerprint density at radius 2 is 1.88 bits per heavy atom. The number of aryl methyl sites for hydroxylation is 2. The van der Waals surface area contributed by atoms with Crippen LogP contribution in [-0.4, -0.2) is 25.6 Å². The number of para-hydroxylation sites is 1. The fraction of sp³-hybridized carbons (Fsp3) is 0.263. The molecule has 0 saturated heterocycles. The van der Waals surface area contributed by atoms with Crippen LogP contribution in [0.4, 0.5) is 5.69 Å². The van der Waals surface area contributed by atoms with Gasteiger partial charge in [0.15, 0.2) is 6.61 Å². The first kappa shape index (κ1) is 17.5. The van der Waals surface area contributed by atoms with Crippen molar-refractivity contribution in [3.8, 4) is 5.75 Å². The van der Waals surface area contributed by atoms with Crippen molar-refractivity contribution in [2.45, 2.75) is 20.3 Å². The first-order chi connectivity index (χ1) is 11.5. The van der Waals surface area contributed by atoms with Crippen LogP contribution in [0.5, 0.6) is 5.75 Å². The van der Waals surface area contributed by atoms with Crippen LogP contribution in [0.25, 0.3) is 0 Å². The Morgan fingerprint density at radius 1 is 1.12 bits per heavy atom. The summed E-state index contributed by atoms with van der Waals surface area (Å²) in [6.07, 6.45) is 0.839. The van der Waals surface area contributed by atoms with Crippen molar-refractivity contribution in [3.05, 3.63) is 59.2 Å². The molecule has 0 spiro atoms. The molecule has 0 aliphatic rings. The topological polar surface area (TPSA) is 64.6 Å². The number of amides is 1. The van der Waals surface area contributed by atoms with Crippen LogP contribution >= 0.6 is 0 Å². The van der Waals surface area contributed by atoms with Crippen LogP contribution < -0.4 is 10.1 Å². The third-order valence-electron chi connectivity index (χ3n) is 3.63. The number of ether oxygens (including phenoxy) is 2. The highest BCUT2D eigenvalue weighted by Gasteiger charge is 2.10. The molecule has 0 radical (unpaired) electrons. The van der Waals surface area contributed by atoms with E-state index >= 15 is 0 Å². The van der Waals surface area contributed by atoms with Crippen molar-refractivity contribution < 1.29 is 19.1 Å². The van der Waals surface area contributed by atoms with E-state index in [1.54, 1.807) is 18.2 Å². The summed E-state index contributed by atoms with van der Waals surface area (Å²) in [6.45, 7) is 3.78. The maximum atomic E-state index is 12.1. The van der Waals surface area contributed by atoms with Crippen molar-refractivity contribution in [1.82, 2.24) is 0 Å². The molecule has 0 fully saturated rings. The van der Waals surface area contributed by atoms with E-state index in [-0.39, 0.29) is 12.5 Å². The van der Waals surface area contributed by atoms with Crippen molar-refractivity contribution in [1.29, 1.82) is 0 Å². The predicted octanol–water partition coefficient (Wildman–Crippen LogP) is 3.36. The van der Waals surface area contributed by atoms with Gasteiger partial charge in [0.05, 0.1) is 12.7 Å². The zero-order valence-electron chi connectivity index (χ0n) is 14.1. The molecule has 0 bridgehead atoms. The number of hydrogen-bond acceptors (Lipinski definition) is 4. The smallest absolute Gasteiger partial charge is 0.337 e. The van der Waals surface area contributed by atoms with E-state index in [4.69, 9.17) is 4.74 Å². The van der Waals surface area contributed by atoms with Gasteiger partial charge in [-0.05, 0) is 48.7 Å². The average molecular weight is 327 g/mol. The second kappa shape index (κ2) is 8.15. The van der Waals surface area contributed by atoms with Crippen molar-refractivity contribution in [3.63, 3.8) is 0 Å². The lowest BCUT2D eigenvalue weighted by atomic mass is 10.1. The molecule has 2 aromatic carbocycles. The molecule has 5 heteroatoms. The molecule has 1 N–H and O–H groups in total. The minimum atomic E-state index is -0.407. The number of carbonyl (C=O) groups excluding carboxylic acids is 2. The van der Waals surface area contributed by atoms with Gasteiger partial charge in [-0.1, -0.05) is 25.1 Å². The Bertz CT molecular complexity index is 740. The zero-order valence-corrected chi connectivity index (χ0v) is 14.1. The minimum absolute atomic E-state index is 0.0742. The summed E-state index contributed by atoms with van der Waals surface area (Å²) in [5, 5.41) is 2.79. The summed E-state index contributed by atoms with van der Waals surface area (Å²) in [7, 11) is 1.33. The number of methoxy groups -OCH3 is 1. The average Bonchev–Trinajstić information content (AvgIpc) is 2.61. The third kappa shape index (κ3) is 4.35. The Balaban J connectivity index is 1.98. The van der Waals surface area contributed by atoms with Crippen LogP contribution in [-0.2, 0) is 16.0 Å². The first-order valence-electron chi connectivity index (χ1n) is 7.74. The lowest BCUT2D eigenvalue weighted by Gasteiger charge is -2.12. The minimum Gasteiger partial charge on any atom is -0.483 e. The van der Waals surface area contributed by atoms with Crippen LogP contribution in [0.15, 0.2) is 42.5 Å². The number of anilines is 1. The van der Waals surface area contributed by atoms with E-state index in [0.29, 0.717) is 17.0 Å². The first-order valence-corrected chi connectivity index (χ1v) is 7.74. The van der Waals surface area contributed by atoms with Crippen molar-refractivity contribution >= 4 is 17.6 Å². The number of hydrogen-bond donors (Lipinski definition) is 1. The number of benzene rings is 2. The van der Waals surface area contributed by atoms with Gasteiger partial charge in [-0.3, -0.25) is 4.79 Å². The van der Waals surface area contributed by atoms with Gasteiger partial charge >= 0.3 is 5.97 Å². The van der Waals surface area contributed by atoms with Crippen LogP contribution in [0, 0.1) is 6.92 Å². The summed E-state index contributed by atoms with van der Waals surface area (Å²) in [4.78, 5) is 23.6. The number of carbonyl (C=O) groups is 2. The van der Waals surface area contributed by atoms with Crippen LogP contribution in [0.2, 0.25) is 0 Å². The van der Waals surface area contributed by atoms with Gasteiger partial charge in [0.1, 0.15) is 5.75 Å². The fourth-order valence-electron chi connectivity index (χ4n) is 2.32. The quantitative estimate of drug-likeness (QED) is 0.826. The van der Waals surface area contributed by atoms with Gasteiger partial charge < -0.3 is 14.8 Å². The molecular weight excluding hydrogens is 306 g/mol. The summed E-state index contributed by atoms with van der Waals surface area (Å²) in [5.74, 6) is 0.0539. The van der Waals surface area contributed by atoms with E-state index < -0.39 is 5.97 Å². The molecule has 0 aromatic heterocycles. The van der Waals surface area contributed by atoms with Gasteiger partial charge in [-0.25, -0.2) is 4.79 Å². The molecule has 0 saturated carbocycles. The van der Waals surface area contributed by atoms with Crippen molar-refractivity contribution in [2.75, 3.05) is 19.0 Å². The molecule has 126 valence electrons. The summed E-state index contributed by atoms with van der Waals surface area (Å²) >= 11 is 0. The molecule has 0 atom stereocenters. The lowest BCUT2D eigenvalue weighted by Crippen LogP contribution is -2.21. The number of esters is 1. The normalized spacial score (nSPS) is 10.1. The van der Waals surface area contributed by atoms with Crippen LogP contribution in [0.1, 0.15) is 28.4 Å². The van der Waals surface area contributed by atoms with E-state index in [9.17, 15) is 9.59 Å². The Kier molecular flexibility index (Phi) is 5.95. The molecule has 24 heavy (non-hydrogen) atoms. The van der Waals surface area contributed by atoms with E-state index in [2.05, 4.69) is 10.1 Å². The highest BCUT2D eigenvalue weighted by Crippen LogP contribution is 2.19. The van der Waals surface area contributed by atoms with Crippen LogP contribution in [0.3, 0.4) is 0 Å². The lowest BCUT2D eigenvalue weighted by molar-refractivity contribution is -0.118. The molecule has 2 aromatic rings. The monoisotopic (exact) mass is 327 g/mol. The molecule has 0 aliphatic heterocycles. The van der Waals surface area contributed by atoms with Gasteiger partial charge in [0.2, 0.25) is 0 Å². The maximum absolute atomic E-state index is 12.1. The fourth-order valence-corrected chi connectivity index (χ4v) is 2.32. The summed E-state index contributed by atoms with van der Waals surface area (Å²) in [6, 6.07) is 12.6. The molecule has 0 aliphatic carbocycles. The Morgan fingerprint density at radius 3 is 2.54 bits per heavy atom. The molecule has 5 nitrogen and oxygen atoms in total. The largest absolute Gasteiger partial charge is 0.483 e. The van der Waals surface area contributed by atoms with Crippen molar-refractivity contribution in [2.24, 2.45) is 0 Å². The molecule has 0 heterocycles. The third-order valence-corrected chi connectivity index (χ3v) is 3.63. The SMILES string of the molecule is CCc1ccccc1OCC(=O)Nc1ccc(C(=O)OC)cc1C.